The molecular weight excluding hydrogens is 276 g/mol. The van der Waals surface area contributed by atoms with Crippen LogP contribution in [0.3, 0.4) is 0 Å². The highest BCUT2D eigenvalue weighted by Gasteiger charge is 2.60. The number of hydrogen-bond acceptors (Lipinski definition) is 3. The van der Waals surface area contributed by atoms with Crippen LogP contribution in [0.25, 0.3) is 0 Å². The molecular formula is C19H26O3. The van der Waals surface area contributed by atoms with Crippen LogP contribution in [0.15, 0.2) is 11.6 Å². The molecule has 0 saturated heterocycles. The summed E-state index contributed by atoms with van der Waals surface area (Å²) in [4.78, 5) is 24.2. The van der Waals surface area contributed by atoms with Crippen LogP contribution in [-0.4, -0.2) is 22.8 Å². The Kier molecular flexibility index (Phi) is 3.01. The number of aliphatic hydroxyl groups is 1. The number of rotatable bonds is 0. The highest BCUT2D eigenvalue weighted by Crippen LogP contribution is 2.64. The zero-order valence-electron chi connectivity index (χ0n) is 13.6. The maximum atomic E-state index is 12.4. The van der Waals surface area contributed by atoms with Crippen molar-refractivity contribution in [2.45, 2.75) is 64.9 Å². The normalized spacial score (nSPS) is 51.0. The summed E-state index contributed by atoms with van der Waals surface area (Å²) in [5, 5.41) is 10.7. The van der Waals surface area contributed by atoms with Crippen LogP contribution in [-0.2, 0) is 9.59 Å². The van der Waals surface area contributed by atoms with Crippen molar-refractivity contribution in [1.29, 1.82) is 0 Å². The maximum absolute atomic E-state index is 12.4. The molecule has 0 heterocycles. The summed E-state index contributed by atoms with van der Waals surface area (Å²) in [5.41, 5.74) is 0.796. The van der Waals surface area contributed by atoms with Gasteiger partial charge < -0.3 is 5.11 Å². The van der Waals surface area contributed by atoms with E-state index in [0.717, 1.165) is 44.1 Å². The molecule has 0 aromatic rings. The second-order valence-corrected chi connectivity index (χ2v) is 8.53. The quantitative estimate of drug-likeness (QED) is 0.748. The Bertz CT molecular complexity index is 577. The van der Waals surface area contributed by atoms with E-state index in [2.05, 4.69) is 13.8 Å². The minimum absolute atomic E-state index is 0.0385. The van der Waals surface area contributed by atoms with E-state index < -0.39 is 6.10 Å². The Balaban J connectivity index is 1.74. The van der Waals surface area contributed by atoms with Crippen LogP contribution in [0.4, 0.5) is 0 Å². The number of ketones is 2. The fourth-order valence-electron chi connectivity index (χ4n) is 6.38. The number of carbonyl (C=O) groups is 2. The number of carbonyl (C=O) groups excluding carboxylic acids is 2. The highest BCUT2D eigenvalue weighted by molar-refractivity contribution is 5.92. The summed E-state index contributed by atoms with van der Waals surface area (Å²) in [6, 6.07) is 0. The van der Waals surface area contributed by atoms with Gasteiger partial charge in [0.2, 0.25) is 0 Å². The van der Waals surface area contributed by atoms with Gasteiger partial charge in [0.15, 0.2) is 5.78 Å². The second-order valence-electron chi connectivity index (χ2n) is 8.53. The number of fused-ring (bicyclic) bond motifs is 5. The largest absolute Gasteiger partial charge is 0.389 e. The van der Waals surface area contributed by atoms with E-state index >= 15 is 0 Å². The molecule has 0 amide bonds. The van der Waals surface area contributed by atoms with E-state index in [9.17, 15) is 14.7 Å². The van der Waals surface area contributed by atoms with Crippen molar-refractivity contribution in [2.75, 3.05) is 0 Å². The van der Waals surface area contributed by atoms with Crippen LogP contribution in [0, 0.1) is 28.6 Å². The van der Waals surface area contributed by atoms with Crippen molar-refractivity contribution in [3.8, 4) is 0 Å². The molecule has 22 heavy (non-hydrogen) atoms. The van der Waals surface area contributed by atoms with Gasteiger partial charge in [-0.15, -0.1) is 0 Å². The molecule has 3 fully saturated rings. The third-order valence-corrected chi connectivity index (χ3v) is 7.69. The average molecular weight is 302 g/mol. The predicted octanol–water partition coefficient (Wildman–Crippen LogP) is 3.06. The fourth-order valence-corrected chi connectivity index (χ4v) is 6.38. The van der Waals surface area contributed by atoms with Crippen LogP contribution in [0.1, 0.15) is 58.8 Å². The van der Waals surface area contributed by atoms with Crippen LogP contribution in [0.5, 0.6) is 0 Å². The smallest absolute Gasteiger partial charge is 0.155 e. The first kappa shape index (κ1) is 14.6. The lowest BCUT2D eigenvalue weighted by Crippen LogP contribution is -2.54. The summed E-state index contributed by atoms with van der Waals surface area (Å²) in [5.74, 6) is 2.01. The molecule has 4 aliphatic carbocycles. The number of Topliss-reactive ketones (excluding diaryl/α,β-unsaturated/α-hetero) is 1. The molecule has 0 unspecified atom stereocenters. The summed E-state index contributed by atoms with van der Waals surface area (Å²) < 4.78 is 0. The fraction of sp³-hybridized carbons (Fsp3) is 0.789. The highest BCUT2D eigenvalue weighted by atomic mass is 16.3. The lowest BCUT2D eigenvalue weighted by Gasteiger charge is -2.58. The van der Waals surface area contributed by atoms with Crippen molar-refractivity contribution < 1.29 is 14.7 Å². The van der Waals surface area contributed by atoms with Crippen molar-refractivity contribution >= 4 is 11.6 Å². The molecule has 4 rings (SSSR count). The minimum atomic E-state index is -0.492. The lowest BCUT2D eigenvalue weighted by atomic mass is 9.47. The van der Waals surface area contributed by atoms with E-state index in [-0.39, 0.29) is 16.6 Å². The Morgan fingerprint density at radius 1 is 1.05 bits per heavy atom. The van der Waals surface area contributed by atoms with Gasteiger partial charge in [-0.05, 0) is 66.9 Å². The van der Waals surface area contributed by atoms with Gasteiger partial charge in [0, 0.05) is 18.3 Å². The topological polar surface area (TPSA) is 54.4 Å². The molecule has 6 atom stereocenters. The molecule has 0 spiro atoms. The van der Waals surface area contributed by atoms with Crippen molar-refractivity contribution in [3.63, 3.8) is 0 Å². The van der Waals surface area contributed by atoms with Crippen molar-refractivity contribution in [2.24, 2.45) is 28.6 Å². The SMILES string of the molecule is C[C@]12CCC(=O)C=C1[C@@H](O)C[C@@H]1[C@H]2CC[C@]2(C)C(=O)CC[C@H]12. The summed E-state index contributed by atoms with van der Waals surface area (Å²) in [6.45, 7) is 4.42. The zero-order chi connectivity index (χ0) is 15.7. The Hall–Kier alpha value is -0.960. The molecule has 0 radical (unpaired) electrons. The van der Waals surface area contributed by atoms with Gasteiger partial charge >= 0.3 is 0 Å². The number of aliphatic hydroxyl groups excluding tert-OH is 1. The van der Waals surface area contributed by atoms with Crippen molar-refractivity contribution in [3.05, 3.63) is 11.6 Å². The van der Waals surface area contributed by atoms with Crippen LogP contribution >= 0.6 is 0 Å². The molecule has 0 aliphatic heterocycles. The first-order valence-corrected chi connectivity index (χ1v) is 8.82. The van der Waals surface area contributed by atoms with Gasteiger partial charge in [0.25, 0.3) is 0 Å². The average Bonchev–Trinajstić information content (AvgIpc) is 2.77. The third-order valence-electron chi connectivity index (χ3n) is 7.69. The molecule has 0 aromatic heterocycles. The number of hydrogen-bond donors (Lipinski definition) is 1. The first-order valence-electron chi connectivity index (χ1n) is 8.82. The van der Waals surface area contributed by atoms with Gasteiger partial charge in [-0.1, -0.05) is 13.8 Å². The summed E-state index contributed by atoms with van der Waals surface area (Å²) in [6.07, 6.45) is 7.24. The molecule has 3 heteroatoms. The Labute approximate surface area is 132 Å². The lowest BCUT2D eigenvalue weighted by molar-refractivity contribution is -0.134. The van der Waals surface area contributed by atoms with Gasteiger partial charge in [-0.25, -0.2) is 0 Å². The monoisotopic (exact) mass is 302 g/mol. The second kappa shape index (κ2) is 4.53. The van der Waals surface area contributed by atoms with Gasteiger partial charge in [-0.3, -0.25) is 9.59 Å². The minimum Gasteiger partial charge on any atom is -0.389 e. The van der Waals surface area contributed by atoms with E-state index in [1.165, 1.54) is 0 Å². The van der Waals surface area contributed by atoms with Crippen molar-refractivity contribution in [1.82, 2.24) is 0 Å². The van der Waals surface area contributed by atoms with E-state index in [1.54, 1.807) is 6.08 Å². The van der Waals surface area contributed by atoms with E-state index in [0.29, 0.717) is 30.0 Å². The van der Waals surface area contributed by atoms with Crippen LogP contribution < -0.4 is 0 Å². The van der Waals surface area contributed by atoms with Gasteiger partial charge in [0.05, 0.1) is 6.10 Å². The summed E-state index contributed by atoms with van der Waals surface area (Å²) >= 11 is 0. The summed E-state index contributed by atoms with van der Waals surface area (Å²) in [7, 11) is 0. The molecule has 120 valence electrons. The zero-order valence-corrected chi connectivity index (χ0v) is 13.6. The molecule has 1 N–H and O–H groups in total. The Morgan fingerprint density at radius 3 is 2.55 bits per heavy atom. The molecule has 0 bridgehead atoms. The van der Waals surface area contributed by atoms with Gasteiger partial charge in [-0.2, -0.15) is 0 Å². The predicted molar refractivity (Wildman–Crippen MR) is 83.1 cm³/mol. The maximum Gasteiger partial charge on any atom is 0.155 e. The molecule has 4 aliphatic rings. The molecule has 3 nitrogen and oxygen atoms in total. The first-order chi connectivity index (χ1) is 10.4. The van der Waals surface area contributed by atoms with Crippen LogP contribution in [0.2, 0.25) is 0 Å². The molecule has 0 aromatic carbocycles. The van der Waals surface area contributed by atoms with E-state index in [1.807, 2.05) is 0 Å². The molecule has 3 saturated carbocycles. The standard InChI is InChI=1S/C19H26O3/c1-18-7-5-11(20)9-15(18)16(21)10-12-13-3-4-17(22)19(13,2)8-6-14(12)18/h9,12-14,16,21H,3-8,10H2,1-2H3/t12-,13+,14+,16-,18+,19-/m0/s1. The Morgan fingerprint density at radius 2 is 1.77 bits per heavy atom. The van der Waals surface area contributed by atoms with Gasteiger partial charge in [0.1, 0.15) is 5.78 Å². The van der Waals surface area contributed by atoms with E-state index in [4.69, 9.17) is 0 Å². The third kappa shape index (κ3) is 1.72.